The minimum Gasteiger partial charge on any atom is -0.315 e. The number of benzene rings is 1. The van der Waals surface area contributed by atoms with Gasteiger partial charge in [0.2, 0.25) is 5.78 Å². The summed E-state index contributed by atoms with van der Waals surface area (Å²) < 4.78 is 0. The molecule has 5 nitrogen and oxygen atoms in total. The summed E-state index contributed by atoms with van der Waals surface area (Å²) in [6.45, 7) is 5.08. The summed E-state index contributed by atoms with van der Waals surface area (Å²) in [5.41, 5.74) is 6.46. The van der Waals surface area contributed by atoms with Crippen molar-refractivity contribution in [1.29, 1.82) is 0 Å². The fourth-order valence-corrected chi connectivity index (χ4v) is 1.85. The van der Waals surface area contributed by atoms with Gasteiger partial charge in [0.15, 0.2) is 0 Å². The summed E-state index contributed by atoms with van der Waals surface area (Å²) in [5.74, 6) is -0.878. The van der Waals surface area contributed by atoms with Crippen LogP contribution in [0.4, 0.5) is 5.69 Å². The van der Waals surface area contributed by atoms with E-state index in [2.05, 4.69) is 11.7 Å². The lowest BCUT2D eigenvalue weighted by molar-refractivity contribution is -0.118. The Morgan fingerprint density at radius 3 is 2.79 bits per heavy atom. The third-order valence-electron chi connectivity index (χ3n) is 2.65. The van der Waals surface area contributed by atoms with Crippen molar-refractivity contribution >= 4 is 34.7 Å². The lowest BCUT2D eigenvalue weighted by Gasteiger charge is -2.12. The van der Waals surface area contributed by atoms with Gasteiger partial charge in [0.25, 0.3) is 5.91 Å². The van der Waals surface area contributed by atoms with Gasteiger partial charge in [-0.3, -0.25) is 9.59 Å². The number of rotatable bonds is 3. The van der Waals surface area contributed by atoms with Gasteiger partial charge in [-0.2, -0.15) is 10.1 Å². The minimum atomic E-state index is -1.07. The zero-order valence-electron chi connectivity index (χ0n) is 10.3. The number of halogens is 1. The van der Waals surface area contributed by atoms with Gasteiger partial charge in [0.05, 0.1) is 5.69 Å². The Hall–Kier alpha value is -1.98. The molecule has 1 aliphatic rings. The Balaban J connectivity index is 2.40. The van der Waals surface area contributed by atoms with Gasteiger partial charge in [-0.15, -0.1) is 0 Å². The average Bonchev–Trinajstić information content (AvgIpc) is 2.65. The molecule has 1 aromatic rings. The normalized spacial score (nSPS) is 18.5. The van der Waals surface area contributed by atoms with Crippen LogP contribution in [-0.2, 0) is 9.59 Å². The number of nitrogens with zero attached hydrogens (tertiary/aromatic N) is 2. The number of hydrogen-bond acceptors (Lipinski definition) is 4. The fourth-order valence-electron chi connectivity index (χ4n) is 1.67. The summed E-state index contributed by atoms with van der Waals surface area (Å²) in [4.78, 5) is 23.8. The highest BCUT2D eigenvalue weighted by Gasteiger charge is 2.37. The summed E-state index contributed by atoms with van der Waals surface area (Å²) in [7, 11) is 0. The maximum Gasteiger partial charge on any atom is 0.270 e. The molecule has 0 spiro atoms. The van der Waals surface area contributed by atoms with Crippen molar-refractivity contribution in [3.05, 3.63) is 41.4 Å². The first-order valence-electron chi connectivity index (χ1n) is 5.55. The van der Waals surface area contributed by atoms with Crippen molar-refractivity contribution in [3.63, 3.8) is 0 Å². The van der Waals surface area contributed by atoms with Crippen LogP contribution in [0.15, 0.2) is 41.5 Å². The second-order valence-electron chi connectivity index (χ2n) is 4.20. The van der Waals surface area contributed by atoms with E-state index in [4.69, 9.17) is 17.3 Å². The van der Waals surface area contributed by atoms with Crippen LogP contribution >= 0.6 is 11.6 Å². The molecular formula is C13H12ClN3O2. The number of nitrogens with two attached hydrogens (primary N) is 1. The summed E-state index contributed by atoms with van der Waals surface area (Å²) in [5, 5.41) is 5.55. The monoisotopic (exact) mass is 277 g/mol. The first-order valence-corrected chi connectivity index (χ1v) is 5.93. The number of carbonyl (C=O) groups is 2. The predicted molar refractivity (Wildman–Crippen MR) is 74.2 cm³/mol. The number of allylic oxidation sites excluding steroid dienone is 1. The zero-order valence-corrected chi connectivity index (χ0v) is 11.0. The highest BCUT2D eigenvalue weighted by molar-refractivity contribution is 6.52. The van der Waals surface area contributed by atoms with Crippen LogP contribution in [0, 0.1) is 0 Å². The van der Waals surface area contributed by atoms with Crippen LogP contribution in [0.25, 0.3) is 0 Å². The van der Waals surface area contributed by atoms with Crippen molar-refractivity contribution in [3.8, 4) is 0 Å². The molecule has 98 valence electrons. The molecule has 1 aromatic carbocycles. The van der Waals surface area contributed by atoms with Crippen LogP contribution in [0.3, 0.4) is 0 Å². The molecule has 2 N–H and O–H groups in total. The van der Waals surface area contributed by atoms with Crippen LogP contribution in [-0.4, -0.2) is 23.4 Å². The van der Waals surface area contributed by atoms with Crippen molar-refractivity contribution in [2.45, 2.75) is 13.0 Å². The molecule has 0 radical (unpaired) electrons. The zero-order chi connectivity index (χ0) is 14.2. The number of carbonyl (C=O) groups excluding carboxylic acids is 2. The van der Waals surface area contributed by atoms with Crippen molar-refractivity contribution < 1.29 is 9.59 Å². The average molecular weight is 278 g/mol. The van der Waals surface area contributed by atoms with Gasteiger partial charge in [-0.05, 0) is 30.7 Å². The van der Waals surface area contributed by atoms with Gasteiger partial charge in [0.1, 0.15) is 11.8 Å². The van der Waals surface area contributed by atoms with Crippen LogP contribution in [0.5, 0.6) is 0 Å². The van der Waals surface area contributed by atoms with E-state index in [1.165, 1.54) is 0 Å². The molecule has 1 unspecified atom stereocenters. The van der Waals surface area contributed by atoms with Gasteiger partial charge < -0.3 is 5.73 Å². The Bertz CT molecular complexity index is 610. The highest BCUT2D eigenvalue weighted by Crippen LogP contribution is 2.24. The molecule has 2 rings (SSSR count). The van der Waals surface area contributed by atoms with E-state index >= 15 is 0 Å². The molecule has 0 saturated carbocycles. The van der Waals surface area contributed by atoms with Gasteiger partial charge >= 0.3 is 0 Å². The third-order valence-corrected chi connectivity index (χ3v) is 2.89. The Labute approximate surface area is 115 Å². The Kier molecular flexibility index (Phi) is 3.50. The van der Waals surface area contributed by atoms with Crippen LogP contribution < -0.4 is 10.7 Å². The SMILES string of the molecule is C=C(C)C(=O)C1=NN(c2cccc(Cl)c2)C(=O)C1N. The summed E-state index contributed by atoms with van der Waals surface area (Å²) in [6, 6.07) is 5.53. The molecule has 0 aromatic heterocycles. The third kappa shape index (κ3) is 2.43. The lowest BCUT2D eigenvalue weighted by atomic mass is 10.0. The molecule has 6 heteroatoms. The maximum atomic E-state index is 12.0. The topological polar surface area (TPSA) is 75.8 Å². The second-order valence-corrected chi connectivity index (χ2v) is 4.64. The van der Waals surface area contributed by atoms with Crippen molar-refractivity contribution in [1.82, 2.24) is 0 Å². The number of anilines is 1. The molecule has 0 saturated heterocycles. The number of hydrogen-bond donors (Lipinski definition) is 1. The molecule has 0 aliphatic carbocycles. The standard InChI is InChI=1S/C13H12ClN3O2/c1-7(2)12(18)11-10(15)13(19)17(16-11)9-5-3-4-8(14)6-9/h3-6,10H,1,15H2,2H3. The van der Waals surface area contributed by atoms with E-state index in [-0.39, 0.29) is 11.3 Å². The summed E-state index contributed by atoms with van der Waals surface area (Å²) >= 11 is 5.86. The fraction of sp³-hybridized carbons (Fsp3) is 0.154. The number of ketones is 1. The quantitative estimate of drug-likeness (QED) is 0.851. The van der Waals surface area contributed by atoms with Gasteiger partial charge in [-0.1, -0.05) is 24.2 Å². The predicted octanol–water partition coefficient (Wildman–Crippen LogP) is 1.52. The molecule has 1 aliphatic heterocycles. The van der Waals surface area contributed by atoms with Crippen LogP contribution in [0.1, 0.15) is 6.92 Å². The molecule has 1 amide bonds. The first kappa shape index (κ1) is 13.5. The van der Waals surface area contributed by atoms with E-state index in [9.17, 15) is 9.59 Å². The molecule has 0 fully saturated rings. The smallest absolute Gasteiger partial charge is 0.270 e. The second kappa shape index (κ2) is 4.95. The number of Topliss-reactive ketones (excluding diaryl/α,β-unsaturated/α-hetero) is 1. The number of amides is 1. The molecule has 1 heterocycles. The van der Waals surface area contributed by atoms with E-state index in [0.29, 0.717) is 10.7 Å². The minimum absolute atomic E-state index is 0.00234. The Morgan fingerprint density at radius 1 is 1.53 bits per heavy atom. The van der Waals surface area contributed by atoms with E-state index < -0.39 is 17.7 Å². The lowest BCUT2D eigenvalue weighted by Crippen LogP contribution is -2.41. The molecule has 19 heavy (non-hydrogen) atoms. The van der Waals surface area contributed by atoms with E-state index in [1.807, 2.05) is 0 Å². The van der Waals surface area contributed by atoms with Crippen LogP contribution in [0.2, 0.25) is 5.02 Å². The maximum absolute atomic E-state index is 12.0. The molecule has 0 bridgehead atoms. The Morgan fingerprint density at radius 2 is 2.21 bits per heavy atom. The van der Waals surface area contributed by atoms with E-state index in [1.54, 1.807) is 31.2 Å². The van der Waals surface area contributed by atoms with E-state index in [0.717, 1.165) is 5.01 Å². The van der Waals surface area contributed by atoms with Crippen molar-refractivity contribution in [2.24, 2.45) is 10.8 Å². The highest BCUT2D eigenvalue weighted by atomic mass is 35.5. The van der Waals surface area contributed by atoms with Gasteiger partial charge in [-0.25, -0.2) is 0 Å². The van der Waals surface area contributed by atoms with Gasteiger partial charge in [0, 0.05) is 5.02 Å². The van der Waals surface area contributed by atoms with Crippen molar-refractivity contribution in [2.75, 3.05) is 5.01 Å². The first-order chi connectivity index (χ1) is 8.91. The summed E-state index contributed by atoms with van der Waals surface area (Å²) in [6.07, 6.45) is 0. The number of hydrazone groups is 1. The molecular weight excluding hydrogens is 266 g/mol. The largest absolute Gasteiger partial charge is 0.315 e. The molecule has 1 atom stereocenters.